The van der Waals surface area contributed by atoms with Crippen molar-refractivity contribution in [1.82, 2.24) is 4.90 Å². The third-order valence-electron chi connectivity index (χ3n) is 6.25. The lowest BCUT2D eigenvalue weighted by atomic mass is 9.56. The van der Waals surface area contributed by atoms with Gasteiger partial charge in [0.05, 0.1) is 12.2 Å². The van der Waals surface area contributed by atoms with Crippen LogP contribution in [-0.4, -0.2) is 48.4 Å². The molecule has 3 atom stereocenters. The molecule has 2 fully saturated rings. The fraction of sp³-hybridized carbons (Fsp3) is 0.682. The summed E-state index contributed by atoms with van der Waals surface area (Å²) in [6.07, 6.45) is -1.21. The lowest BCUT2D eigenvalue weighted by Crippen LogP contribution is -2.56. The number of amides is 1. The summed E-state index contributed by atoms with van der Waals surface area (Å²) in [4.78, 5) is 35.3. The Morgan fingerprint density at radius 3 is 2.40 bits per heavy atom. The normalized spacial score (nSPS) is 28.6. The first kappa shape index (κ1) is 24.2. The van der Waals surface area contributed by atoms with Crippen molar-refractivity contribution in [3.63, 3.8) is 0 Å². The zero-order chi connectivity index (χ0) is 22.9. The molecule has 0 aromatic carbocycles. The molecule has 168 valence electrons. The molecule has 0 N–H and O–H groups in total. The molecule has 30 heavy (non-hydrogen) atoms. The van der Waals surface area contributed by atoms with Gasteiger partial charge in [-0.05, 0) is 46.5 Å². The zero-order valence-electron chi connectivity index (χ0n) is 18.2. The van der Waals surface area contributed by atoms with Gasteiger partial charge in [0, 0.05) is 36.4 Å². The number of fused-ring (bicyclic) bond motifs is 3. The van der Waals surface area contributed by atoms with Gasteiger partial charge in [-0.3, -0.25) is 4.79 Å². The number of allylic oxidation sites excluding steroid dienone is 2. The number of hydrogen-bond acceptors (Lipinski definition) is 4. The summed E-state index contributed by atoms with van der Waals surface area (Å²) in [5.41, 5.74) is -0.765. The van der Waals surface area contributed by atoms with E-state index in [4.69, 9.17) is 4.74 Å². The van der Waals surface area contributed by atoms with Crippen molar-refractivity contribution < 1.29 is 32.3 Å². The molecule has 1 saturated carbocycles. The fourth-order valence-electron chi connectivity index (χ4n) is 5.03. The second-order valence-electron chi connectivity index (χ2n) is 8.45. The number of carbonyl (C=O) groups is 3. The Hall–Kier alpha value is -2.12. The molecule has 0 spiro atoms. The van der Waals surface area contributed by atoms with Crippen LogP contribution in [-0.2, 0) is 19.1 Å². The molecule has 1 saturated heterocycles. The summed E-state index contributed by atoms with van der Waals surface area (Å²) in [6.45, 7) is 6.64. The largest absolute Gasteiger partial charge is 0.463 e. The maximum Gasteiger partial charge on any atom is 0.413 e. The molecular weight excluding hydrogens is 399 g/mol. The predicted molar refractivity (Wildman–Crippen MR) is 105 cm³/mol. The first-order valence-electron chi connectivity index (χ1n) is 10.2. The zero-order valence-corrected chi connectivity index (χ0v) is 18.2. The highest BCUT2D eigenvalue weighted by Gasteiger charge is 2.55. The Kier molecular flexibility index (Phi) is 7.20. The number of nitrogens with zero attached hydrogens (tertiary/aromatic N) is 1. The van der Waals surface area contributed by atoms with E-state index in [1.54, 1.807) is 24.9 Å². The molecule has 3 unspecified atom stereocenters. The number of esters is 1. The molecule has 0 aromatic heterocycles. The number of piperidine rings is 1. The van der Waals surface area contributed by atoms with Gasteiger partial charge in [-0.25, -0.2) is 4.79 Å². The number of halogens is 3. The summed E-state index contributed by atoms with van der Waals surface area (Å²) in [5.74, 6) is -1.49. The Balaban J connectivity index is 0.000000735. The van der Waals surface area contributed by atoms with Crippen molar-refractivity contribution in [2.45, 2.75) is 72.0 Å². The van der Waals surface area contributed by atoms with Crippen molar-refractivity contribution in [3.8, 4) is 0 Å². The van der Waals surface area contributed by atoms with E-state index in [1.807, 2.05) is 6.92 Å². The minimum Gasteiger partial charge on any atom is -0.463 e. The SMILES string of the molecule is CC(C)=O.CCOC(=O)C1=C(C(F)(F)F)C2CCC3N(C)C(=O)CCC3(C)C2=CC1. The Morgan fingerprint density at radius 2 is 1.87 bits per heavy atom. The number of carbonyl (C=O) groups excluding carboxylic acids is 3. The van der Waals surface area contributed by atoms with E-state index in [0.29, 0.717) is 19.3 Å². The molecule has 5 nitrogen and oxygen atoms in total. The van der Waals surface area contributed by atoms with Crippen LogP contribution in [0.5, 0.6) is 0 Å². The average molecular weight is 429 g/mol. The lowest BCUT2D eigenvalue weighted by Gasteiger charge is -2.54. The number of ketones is 1. The van der Waals surface area contributed by atoms with Gasteiger partial charge in [0.15, 0.2) is 0 Å². The van der Waals surface area contributed by atoms with Crippen molar-refractivity contribution in [1.29, 1.82) is 0 Å². The third kappa shape index (κ3) is 4.62. The van der Waals surface area contributed by atoms with Gasteiger partial charge in [0.1, 0.15) is 5.78 Å². The predicted octanol–water partition coefficient (Wildman–Crippen LogP) is 4.37. The van der Waals surface area contributed by atoms with E-state index in [2.05, 4.69) is 0 Å². The molecule has 8 heteroatoms. The van der Waals surface area contributed by atoms with Crippen LogP contribution >= 0.6 is 0 Å². The van der Waals surface area contributed by atoms with Crippen molar-refractivity contribution >= 4 is 17.7 Å². The number of alkyl halides is 3. The van der Waals surface area contributed by atoms with Gasteiger partial charge in [-0.1, -0.05) is 18.6 Å². The minimum atomic E-state index is -4.58. The Bertz CT molecular complexity index is 780. The van der Waals surface area contributed by atoms with Crippen LogP contribution in [0, 0.1) is 11.3 Å². The summed E-state index contributed by atoms with van der Waals surface area (Å²) in [5, 5.41) is 0. The lowest BCUT2D eigenvalue weighted by molar-refractivity contribution is -0.142. The van der Waals surface area contributed by atoms with Crippen LogP contribution in [0.2, 0.25) is 0 Å². The van der Waals surface area contributed by atoms with Gasteiger partial charge in [0.2, 0.25) is 5.91 Å². The maximum atomic E-state index is 13.9. The van der Waals surface area contributed by atoms with Crippen LogP contribution in [0.15, 0.2) is 22.8 Å². The van der Waals surface area contributed by atoms with Gasteiger partial charge in [-0.15, -0.1) is 0 Å². The van der Waals surface area contributed by atoms with Gasteiger partial charge < -0.3 is 14.4 Å². The fourth-order valence-corrected chi connectivity index (χ4v) is 5.03. The molecule has 3 aliphatic rings. The first-order chi connectivity index (χ1) is 13.8. The molecule has 3 rings (SSSR count). The highest BCUT2D eigenvalue weighted by atomic mass is 19.4. The molecule has 0 radical (unpaired) electrons. The van der Waals surface area contributed by atoms with Crippen LogP contribution in [0.3, 0.4) is 0 Å². The number of rotatable bonds is 2. The first-order valence-corrected chi connectivity index (χ1v) is 10.2. The van der Waals surface area contributed by atoms with E-state index in [1.165, 1.54) is 13.8 Å². The van der Waals surface area contributed by atoms with Crippen molar-refractivity contribution in [2.24, 2.45) is 11.3 Å². The van der Waals surface area contributed by atoms with Gasteiger partial charge in [0.25, 0.3) is 0 Å². The van der Waals surface area contributed by atoms with E-state index < -0.39 is 29.1 Å². The van der Waals surface area contributed by atoms with E-state index in [0.717, 1.165) is 5.57 Å². The third-order valence-corrected chi connectivity index (χ3v) is 6.25. The summed E-state index contributed by atoms with van der Waals surface area (Å²) in [6, 6.07) is -0.0927. The summed E-state index contributed by atoms with van der Waals surface area (Å²) >= 11 is 0. The summed E-state index contributed by atoms with van der Waals surface area (Å²) in [7, 11) is 1.73. The quantitative estimate of drug-likeness (QED) is 0.483. The smallest absolute Gasteiger partial charge is 0.413 e. The van der Waals surface area contributed by atoms with Gasteiger partial charge >= 0.3 is 12.1 Å². The highest BCUT2D eigenvalue weighted by molar-refractivity contribution is 5.90. The molecule has 1 heterocycles. The molecule has 0 bridgehead atoms. The maximum absolute atomic E-state index is 13.9. The van der Waals surface area contributed by atoms with Crippen LogP contribution < -0.4 is 0 Å². The van der Waals surface area contributed by atoms with Gasteiger partial charge in [-0.2, -0.15) is 13.2 Å². The number of Topliss-reactive ketones (excluding diaryl/α,β-unsaturated/α-hetero) is 1. The molecular formula is C22H30F3NO4. The molecule has 2 aliphatic carbocycles. The van der Waals surface area contributed by atoms with Crippen LogP contribution in [0.1, 0.15) is 59.8 Å². The average Bonchev–Trinajstić information content (AvgIpc) is 2.63. The van der Waals surface area contributed by atoms with E-state index >= 15 is 0 Å². The highest BCUT2D eigenvalue weighted by Crippen LogP contribution is 2.57. The second kappa shape index (κ2) is 8.94. The van der Waals surface area contributed by atoms with E-state index in [-0.39, 0.29) is 42.8 Å². The Morgan fingerprint density at radius 1 is 1.27 bits per heavy atom. The molecule has 1 aliphatic heterocycles. The number of likely N-dealkylation sites (tertiary alicyclic amines) is 1. The number of hydrogen-bond donors (Lipinski definition) is 0. The van der Waals surface area contributed by atoms with Crippen molar-refractivity contribution in [3.05, 3.63) is 22.8 Å². The molecule has 1 amide bonds. The number of ether oxygens (including phenoxy) is 1. The monoisotopic (exact) mass is 429 g/mol. The minimum absolute atomic E-state index is 0.0427. The van der Waals surface area contributed by atoms with E-state index in [9.17, 15) is 27.6 Å². The summed E-state index contributed by atoms with van der Waals surface area (Å²) < 4.78 is 46.5. The molecule has 0 aromatic rings. The van der Waals surface area contributed by atoms with Crippen LogP contribution in [0.4, 0.5) is 13.2 Å². The Labute approximate surface area is 175 Å². The standard InChI is InChI=1S/C19H24F3NO3.C3H6O/c1-4-26-17(25)12-5-7-13-11(16(12)19(20,21)22)6-8-14-18(13,2)10-9-15(24)23(14)3;1-3(2)4/h7,11,14H,4-6,8-10H2,1-3H3;1-2H3. The van der Waals surface area contributed by atoms with Crippen molar-refractivity contribution in [2.75, 3.05) is 13.7 Å². The second-order valence-corrected chi connectivity index (χ2v) is 8.45. The van der Waals surface area contributed by atoms with Crippen LogP contribution in [0.25, 0.3) is 0 Å². The topological polar surface area (TPSA) is 63.7 Å².